The number of hydrogen-bond acceptors (Lipinski definition) is 10. The lowest BCUT2D eigenvalue weighted by Gasteiger charge is -2.30. The van der Waals surface area contributed by atoms with E-state index in [1.807, 2.05) is 26.2 Å². The summed E-state index contributed by atoms with van der Waals surface area (Å²) >= 11 is -1.28. The fourth-order valence-electron chi connectivity index (χ4n) is 5.22. The van der Waals surface area contributed by atoms with Crippen molar-refractivity contribution >= 4 is 61.2 Å². The predicted molar refractivity (Wildman–Crippen MR) is 158 cm³/mol. The number of nitrogen functional groups attached to an aromatic ring is 1. The second-order valence-corrected chi connectivity index (χ2v) is 12.3. The molecule has 0 radical (unpaired) electrons. The number of carbonyl (C=O) groups excluding carboxylic acids is 2. The Hall–Kier alpha value is -3.49. The highest BCUT2D eigenvalue weighted by atomic mass is 32.2. The zero-order valence-corrected chi connectivity index (χ0v) is 24.8. The fraction of sp³-hybridized carbons (Fsp3) is 0.481. The summed E-state index contributed by atoms with van der Waals surface area (Å²) in [6, 6.07) is 3.59. The lowest BCUT2D eigenvalue weighted by Crippen LogP contribution is -2.49. The van der Waals surface area contributed by atoms with Crippen molar-refractivity contribution in [3.05, 3.63) is 36.2 Å². The molecule has 12 nitrogen and oxygen atoms in total. The van der Waals surface area contributed by atoms with Crippen molar-refractivity contribution in [3.8, 4) is 5.75 Å². The average molecular weight is 603 g/mol. The maximum absolute atomic E-state index is 13.9. The third kappa shape index (κ3) is 5.95. The highest BCUT2D eigenvalue weighted by Crippen LogP contribution is 2.35. The first-order valence-corrected chi connectivity index (χ1v) is 15.3. The number of amides is 1. The van der Waals surface area contributed by atoms with Crippen LogP contribution in [0.15, 0.2) is 30.6 Å². The number of hydrogen-bond donors (Lipinski definition) is 2. The molecule has 3 aromatic rings. The molecule has 2 aromatic heterocycles. The lowest BCUT2D eigenvalue weighted by molar-refractivity contribution is -0.155. The van der Waals surface area contributed by atoms with Crippen LogP contribution in [-0.4, -0.2) is 81.9 Å². The number of aromatic nitrogens is 2. The van der Waals surface area contributed by atoms with Gasteiger partial charge in [0.2, 0.25) is 5.91 Å². The number of likely N-dealkylation sites (tertiary alicyclic amines) is 1. The van der Waals surface area contributed by atoms with Crippen molar-refractivity contribution in [1.82, 2.24) is 14.9 Å². The van der Waals surface area contributed by atoms with Crippen LogP contribution in [0, 0.1) is 5.92 Å². The third-order valence-corrected chi connectivity index (χ3v) is 9.76. The van der Waals surface area contributed by atoms with Crippen LogP contribution >= 0.6 is 11.3 Å². The summed E-state index contributed by atoms with van der Waals surface area (Å²) < 4.78 is 35.2. The Kier molecular flexibility index (Phi) is 8.61. The van der Waals surface area contributed by atoms with Crippen molar-refractivity contribution in [2.75, 3.05) is 49.3 Å². The van der Waals surface area contributed by atoms with Crippen molar-refractivity contribution in [2.45, 2.75) is 44.2 Å². The van der Waals surface area contributed by atoms with E-state index in [2.05, 4.69) is 9.97 Å². The molecule has 1 saturated heterocycles. The van der Waals surface area contributed by atoms with Crippen LogP contribution in [0.3, 0.4) is 0 Å². The van der Waals surface area contributed by atoms with Crippen LogP contribution in [0.1, 0.15) is 31.2 Å². The SMILES string of the molecule is COc1cc2c(N)nccc2cc1C[C@H](C(=O)OCC1CCC1)N1CC[C@H](N(c2cnc(N(C)C)s2)S(=O)O)C1=O. The standard InChI is InChI=1S/C27H34N6O6S2/c1-31(2)27-30-14-23(40-27)33(41(36)37)20-8-10-32(25(20)34)21(26(35)39-15-16-5-4-6-16)12-18-11-17-7-9-29-24(28)19(17)13-22(18)38-3/h7,9,11,13-14,16,20-21H,4-6,8,10,12,15H2,1-3H3,(H2,28,29)(H,36,37)/t20-,21+/m0/s1. The van der Waals surface area contributed by atoms with Gasteiger partial charge in [-0.15, -0.1) is 0 Å². The molecule has 220 valence electrons. The molecule has 1 aliphatic heterocycles. The van der Waals surface area contributed by atoms with Gasteiger partial charge in [-0.2, -0.15) is 0 Å². The molecule has 1 aliphatic carbocycles. The number of nitrogens with zero attached hydrogens (tertiary/aromatic N) is 5. The first-order valence-electron chi connectivity index (χ1n) is 13.4. The van der Waals surface area contributed by atoms with Gasteiger partial charge in [0.05, 0.1) is 19.9 Å². The smallest absolute Gasteiger partial charge is 0.329 e. The van der Waals surface area contributed by atoms with Crippen LogP contribution in [-0.2, 0) is 32.0 Å². The Labute approximate surface area is 244 Å². The second-order valence-electron chi connectivity index (χ2n) is 10.5. The number of benzene rings is 1. The van der Waals surface area contributed by atoms with Gasteiger partial charge in [-0.05, 0) is 54.3 Å². The number of esters is 1. The van der Waals surface area contributed by atoms with Crippen LogP contribution in [0.5, 0.6) is 5.75 Å². The van der Waals surface area contributed by atoms with Gasteiger partial charge < -0.3 is 25.0 Å². The summed E-state index contributed by atoms with van der Waals surface area (Å²) in [5.41, 5.74) is 6.77. The van der Waals surface area contributed by atoms with Gasteiger partial charge in [-0.1, -0.05) is 17.8 Å². The second kappa shape index (κ2) is 12.2. The van der Waals surface area contributed by atoms with E-state index in [0.29, 0.717) is 39.8 Å². The monoisotopic (exact) mass is 602 g/mol. The highest BCUT2D eigenvalue weighted by Gasteiger charge is 2.45. The van der Waals surface area contributed by atoms with E-state index in [9.17, 15) is 18.4 Å². The minimum Gasteiger partial charge on any atom is -0.496 e. The summed E-state index contributed by atoms with van der Waals surface area (Å²) in [7, 11) is 5.16. The molecule has 0 bridgehead atoms. The molecule has 1 unspecified atom stereocenters. The third-order valence-electron chi connectivity index (χ3n) is 7.69. The van der Waals surface area contributed by atoms with Crippen LogP contribution in [0.25, 0.3) is 10.8 Å². The van der Waals surface area contributed by atoms with Crippen LogP contribution < -0.4 is 19.7 Å². The van der Waals surface area contributed by atoms with E-state index >= 15 is 0 Å². The summed E-state index contributed by atoms with van der Waals surface area (Å²) in [6.45, 7) is 0.519. The summed E-state index contributed by atoms with van der Waals surface area (Å²) in [5.74, 6) is 0.268. The van der Waals surface area contributed by atoms with Crippen molar-refractivity contribution in [1.29, 1.82) is 0 Å². The number of nitrogens with two attached hydrogens (primary N) is 1. The predicted octanol–water partition coefficient (Wildman–Crippen LogP) is 2.85. The quantitative estimate of drug-likeness (QED) is 0.248. The van der Waals surface area contributed by atoms with Gasteiger partial charge in [-0.25, -0.2) is 23.3 Å². The average Bonchev–Trinajstić information content (AvgIpc) is 3.54. The number of rotatable bonds is 11. The van der Waals surface area contributed by atoms with Gasteiger partial charge in [-0.3, -0.25) is 9.35 Å². The molecular weight excluding hydrogens is 568 g/mol. The zero-order chi connectivity index (χ0) is 29.3. The molecule has 3 heterocycles. The summed E-state index contributed by atoms with van der Waals surface area (Å²) in [5, 5.41) is 2.57. The Morgan fingerprint density at radius 3 is 2.71 bits per heavy atom. The molecule has 14 heteroatoms. The largest absolute Gasteiger partial charge is 0.496 e. The molecular formula is C27H34N6O6S2. The van der Waals surface area contributed by atoms with Gasteiger partial charge >= 0.3 is 5.97 Å². The maximum Gasteiger partial charge on any atom is 0.329 e. The first-order chi connectivity index (χ1) is 19.7. The molecule has 3 N–H and O–H groups in total. The number of carbonyl (C=O) groups is 2. The topological polar surface area (TPSA) is 151 Å². The molecule has 41 heavy (non-hydrogen) atoms. The van der Waals surface area contributed by atoms with Crippen LogP contribution in [0.4, 0.5) is 16.0 Å². The number of pyridine rings is 1. The minimum atomic E-state index is -2.48. The molecule has 3 atom stereocenters. The number of fused-ring (bicyclic) bond motifs is 1. The first kappa shape index (κ1) is 29.0. The molecule has 0 spiro atoms. The summed E-state index contributed by atoms with van der Waals surface area (Å²) in [4.78, 5) is 39.1. The number of anilines is 3. The van der Waals surface area contributed by atoms with Crippen molar-refractivity contribution in [2.24, 2.45) is 5.92 Å². The Balaban J connectivity index is 1.45. The van der Waals surface area contributed by atoms with Gasteiger partial charge in [0.25, 0.3) is 11.3 Å². The van der Waals surface area contributed by atoms with Crippen LogP contribution in [0.2, 0.25) is 0 Å². The number of ether oxygens (including phenoxy) is 2. The van der Waals surface area contributed by atoms with Crippen molar-refractivity contribution in [3.63, 3.8) is 0 Å². The lowest BCUT2D eigenvalue weighted by atomic mass is 9.86. The molecule has 2 fully saturated rings. The van der Waals surface area contributed by atoms with E-state index in [0.717, 1.165) is 34.3 Å². The van der Waals surface area contributed by atoms with Crippen molar-refractivity contribution < 1.29 is 27.8 Å². The number of methoxy groups -OCH3 is 1. The fourth-order valence-corrected chi connectivity index (χ4v) is 6.94. The van der Waals surface area contributed by atoms with E-state index < -0.39 is 35.2 Å². The zero-order valence-electron chi connectivity index (χ0n) is 23.2. The molecule has 2 aliphatic rings. The molecule has 1 aromatic carbocycles. The van der Waals surface area contributed by atoms with E-state index in [1.165, 1.54) is 29.5 Å². The number of thiazole rings is 1. The maximum atomic E-state index is 13.9. The normalized spacial score (nSPS) is 18.7. The molecule has 1 saturated carbocycles. The molecule has 1 amide bonds. The van der Waals surface area contributed by atoms with E-state index in [1.54, 1.807) is 17.2 Å². The Bertz CT molecular complexity index is 1460. The van der Waals surface area contributed by atoms with Gasteiger partial charge in [0.15, 0.2) is 5.13 Å². The van der Waals surface area contributed by atoms with Gasteiger partial charge in [0.1, 0.15) is 28.7 Å². The van der Waals surface area contributed by atoms with E-state index in [-0.39, 0.29) is 19.4 Å². The molecule has 5 rings (SSSR count). The van der Waals surface area contributed by atoms with E-state index in [4.69, 9.17) is 15.2 Å². The Morgan fingerprint density at radius 1 is 1.29 bits per heavy atom. The van der Waals surface area contributed by atoms with Gasteiger partial charge in [0, 0.05) is 38.6 Å². The Morgan fingerprint density at radius 2 is 2.07 bits per heavy atom. The minimum absolute atomic E-state index is 0.136. The highest BCUT2D eigenvalue weighted by molar-refractivity contribution is 7.81. The summed E-state index contributed by atoms with van der Waals surface area (Å²) in [6.07, 6.45) is 6.62.